The third-order valence-corrected chi connectivity index (χ3v) is 3.86. The lowest BCUT2D eigenvalue weighted by Crippen LogP contribution is -2.16. The number of carbonyl (C=O) groups excluding carboxylic acids is 1. The van der Waals surface area contributed by atoms with Crippen molar-refractivity contribution in [2.45, 2.75) is 18.8 Å². The molecule has 4 heteroatoms. The molecule has 0 bridgehead atoms. The molecule has 1 aromatic rings. The molecule has 0 saturated heterocycles. The van der Waals surface area contributed by atoms with Crippen LogP contribution in [0, 0.1) is 9.49 Å². The summed E-state index contributed by atoms with van der Waals surface area (Å²) >= 11 is 8.38. The van der Waals surface area contributed by atoms with E-state index in [-0.39, 0.29) is 11.9 Å². The average Bonchev–Trinajstić information content (AvgIpc) is 3.07. The van der Waals surface area contributed by atoms with E-state index in [9.17, 15) is 4.79 Å². The normalized spacial score (nSPS) is 16.9. The molecule has 1 fully saturated rings. The van der Waals surface area contributed by atoms with Crippen LogP contribution in [0.1, 0.15) is 24.3 Å². The summed E-state index contributed by atoms with van der Waals surface area (Å²) in [6.07, 6.45) is 2.17. The minimum atomic E-state index is -0.188. The molecule has 0 heterocycles. The van der Waals surface area contributed by atoms with Crippen LogP contribution in [0.25, 0.3) is 0 Å². The summed E-state index contributed by atoms with van der Waals surface area (Å²) in [5.74, 6) is 0.0433. The minimum absolute atomic E-state index is 0.175. The Morgan fingerprint density at radius 2 is 2.25 bits per heavy atom. The summed E-state index contributed by atoms with van der Waals surface area (Å²) in [6, 6.07) is 5.76. The van der Waals surface area contributed by atoms with Gasteiger partial charge in [-0.1, -0.05) is 11.6 Å². The van der Waals surface area contributed by atoms with E-state index < -0.39 is 0 Å². The zero-order valence-corrected chi connectivity index (χ0v) is 11.8. The van der Waals surface area contributed by atoms with Gasteiger partial charge in [-0.3, -0.25) is 4.79 Å². The Bertz CT molecular complexity index is 415. The van der Waals surface area contributed by atoms with Crippen LogP contribution in [0.3, 0.4) is 0 Å². The van der Waals surface area contributed by atoms with Crippen molar-refractivity contribution in [3.05, 3.63) is 32.4 Å². The molecular formula is C12H12ClIO2. The average molecular weight is 351 g/mol. The summed E-state index contributed by atoms with van der Waals surface area (Å²) < 4.78 is 5.95. The Hall–Kier alpha value is -0.290. The second-order valence-electron chi connectivity index (χ2n) is 4.00. The molecule has 16 heavy (non-hydrogen) atoms. The Balaban J connectivity index is 2.37. The fraction of sp³-hybridized carbons (Fsp3) is 0.417. The SMILES string of the molecule is COC(=O)C(c1cc(I)ccc1Cl)C1CC1. The van der Waals surface area contributed by atoms with E-state index in [2.05, 4.69) is 22.6 Å². The van der Waals surface area contributed by atoms with Crippen molar-refractivity contribution < 1.29 is 9.53 Å². The van der Waals surface area contributed by atoms with Crippen molar-refractivity contribution >= 4 is 40.2 Å². The van der Waals surface area contributed by atoms with Gasteiger partial charge in [0, 0.05) is 8.59 Å². The molecule has 0 aromatic heterocycles. The lowest BCUT2D eigenvalue weighted by atomic mass is 9.94. The number of methoxy groups -OCH3 is 1. The number of benzene rings is 1. The van der Waals surface area contributed by atoms with Gasteiger partial charge in [-0.25, -0.2) is 0 Å². The first-order valence-corrected chi connectivity index (χ1v) is 6.62. The Morgan fingerprint density at radius 3 is 2.81 bits per heavy atom. The molecule has 0 spiro atoms. The zero-order valence-electron chi connectivity index (χ0n) is 8.87. The molecule has 2 rings (SSSR count). The molecule has 1 aliphatic carbocycles. The highest BCUT2D eigenvalue weighted by Gasteiger charge is 2.39. The summed E-state index contributed by atoms with van der Waals surface area (Å²) in [5.41, 5.74) is 0.905. The van der Waals surface area contributed by atoms with Gasteiger partial charge in [0.2, 0.25) is 0 Å². The van der Waals surface area contributed by atoms with Gasteiger partial charge in [0.15, 0.2) is 0 Å². The number of carbonyl (C=O) groups is 1. The van der Waals surface area contributed by atoms with Gasteiger partial charge in [0.1, 0.15) is 0 Å². The maximum atomic E-state index is 11.8. The highest BCUT2D eigenvalue weighted by molar-refractivity contribution is 14.1. The van der Waals surface area contributed by atoms with E-state index in [1.165, 1.54) is 7.11 Å². The number of rotatable bonds is 3. The lowest BCUT2D eigenvalue weighted by molar-refractivity contribution is -0.143. The van der Waals surface area contributed by atoms with Crippen LogP contribution in [-0.4, -0.2) is 13.1 Å². The Morgan fingerprint density at radius 1 is 1.56 bits per heavy atom. The van der Waals surface area contributed by atoms with E-state index in [4.69, 9.17) is 16.3 Å². The Kier molecular flexibility index (Phi) is 3.74. The van der Waals surface area contributed by atoms with E-state index >= 15 is 0 Å². The fourth-order valence-electron chi connectivity index (χ4n) is 1.88. The molecular weight excluding hydrogens is 338 g/mol. The third kappa shape index (κ3) is 2.51. The molecule has 0 amide bonds. The van der Waals surface area contributed by atoms with Crippen molar-refractivity contribution in [1.82, 2.24) is 0 Å². The third-order valence-electron chi connectivity index (χ3n) is 2.84. The summed E-state index contributed by atoms with van der Waals surface area (Å²) in [5, 5.41) is 0.655. The topological polar surface area (TPSA) is 26.3 Å². The first-order chi connectivity index (χ1) is 7.63. The molecule has 1 atom stereocenters. The highest BCUT2D eigenvalue weighted by atomic mass is 127. The van der Waals surface area contributed by atoms with E-state index in [1.54, 1.807) is 0 Å². The van der Waals surface area contributed by atoms with Crippen LogP contribution in [0.4, 0.5) is 0 Å². The van der Waals surface area contributed by atoms with E-state index in [1.807, 2.05) is 18.2 Å². The standard InChI is InChI=1S/C12H12ClIO2/c1-16-12(15)11(7-2-3-7)9-6-8(14)4-5-10(9)13/h4-7,11H,2-3H2,1H3. The first kappa shape index (κ1) is 12.2. The second-order valence-corrected chi connectivity index (χ2v) is 5.66. The van der Waals surface area contributed by atoms with E-state index in [0.29, 0.717) is 10.9 Å². The molecule has 86 valence electrons. The summed E-state index contributed by atoms with van der Waals surface area (Å²) in [7, 11) is 1.43. The smallest absolute Gasteiger partial charge is 0.313 e. The van der Waals surface area contributed by atoms with Gasteiger partial charge in [-0.2, -0.15) is 0 Å². The van der Waals surface area contributed by atoms with Gasteiger partial charge in [0.05, 0.1) is 13.0 Å². The van der Waals surface area contributed by atoms with Crippen LogP contribution < -0.4 is 0 Å². The van der Waals surface area contributed by atoms with Crippen molar-refractivity contribution in [1.29, 1.82) is 0 Å². The van der Waals surface area contributed by atoms with Crippen LogP contribution in [0.15, 0.2) is 18.2 Å². The number of hydrogen-bond donors (Lipinski definition) is 0. The molecule has 1 aromatic carbocycles. The number of esters is 1. The van der Waals surface area contributed by atoms with Crippen molar-refractivity contribution in [3.63, 3.8) is 0 Å². The summed E-state index contributed by atoms with van der Waals surface area (Å²) in [6.45, 7) is 0. The van der Waals surface area contributed by atoms with Gasteiger partial charge >= 0.3 is 5.97 Å². The van der Waals surface area contributed by atoms with Gasteiger partial charge in [0.25, 0.3) is 0 Å². The fourth-order valence-corrected chi connectivity index (χ4v) is 2.63. The maximum absolute atomic E-state index is 11.8. The van der Waals surface area contributed by atoms with Crippen LogP contribution in [-0.2, 0) is 9.53 Å². The molecule has 0 aliphatic heterocycles. The van der Waals surface area contributed by atoms with Crippen LogP contribution in [0.2, 0.25) is 5.02 Å². The van der Waals surface area contributed by atoms with Crippen molar-refractivity contribution in [2.24, 2.45) is 5.92 Å². The molecule has 0 radical (unpaired) electrons. The molecule has 2 nitrogen and oxygen atoms in total. The van der Waals surface area contributed by atoms with Crippen molar-refractivity contribution in [3.8, 4) is 0 Å². The quantitative estimate of drug-likeness (QED) is 0.615. The maximum Gasteiger partial charge on any atom is 0.313 e. The molecule has 1 aliphatic rings. The largest absolute Gasteiger partial charge is 0.469 e. The monoisotopic (exact) mass is 350 g/mol. The molecule has 0 N–H and O–H groups in total. The van der Waals surface area contributed by atoms with Gasteiger partial charge in [-0.15, -0.1) is 0 Å². The summed E-state index contributed by atoms with van der Waals surface area (Å²) in [4.78, 5) is 11.8. The van der Waals surface area contributed by atoms with Gasteiger partial charge < -0.3 is 4.74 Å². The molecule has 1 saturated carbocycles. The second kappa shape index (κ2) is 4.92. The van der Waals surface area contributed by atoms with Crippen LogP contribution >= 0.6 is 34.2 Å². The number of hydrogen-bond acceptors (Lipinski definition) is 2. The lowest BCUT2D eigenvalue weighted by Gasteiger charge is -2.15. The van der Waals surface area contributed by atoms with E-state index in [0.717, 1.165) is 22.0 Å². The predicted molar refractivity (Wildman–Crippen MR) is 71.7 cm³/mol. The number of ether oxygens (including phenoxy) is 1. The molecule has 1 unspecified atom stereocenters. The van der Waals surface area contributed by atoms with Gasteiger partial charge in [-0.05, 0) is 65.1 Å². The Labute approximate surface area is 113 Å². The number of halogens is 2. The zero-order chi connectivity index (χ0) is 11.7. The van der Waals surface area contributed by atoms with Crippen LogP contribution in [0.5, 0.6) is 0 Å². The predicted octanol–water partition coefficient (Wildman–Crippen LogP) is 3.61. The first-order valence-electron chi connectivity index (χ1n) is 5.16. The van der Waals surface area contributed by atoms with Crippen molar-refractivity contribution in [2.75, 3.05) is 7.11 Å². The highest BCUT2D eigenvalue weighted by Crippen LogP contribution is 2.45. The minimum Gasteiger partial charge on any atom is -0.469 e.